The van der Waals surface area contributed by atoms with E-state index in [-0.39, 0.29) is 81.7 Å². The molecule has 6 amide bonds. The van der Waals surface area contributed by atoms with Gasteiger partial charge in [-0.3, -0.25) is 38.4 Å². The number of para-hydroxylation sites is 1. The summed E-state index contributed by atoms with van der Waals surface area (Å²) in [6, 6.07) is 11.2. The molecule has 21 nitrogen and oxygen atoms in total. The zero-order valence-corrected chi connectivity index (χ0v) is 42.5. The Kier molecular flexibility index (Phi) is 18.5. The van der Waals surface area contributed by atoms with E-state index < -0.39 is 94.5 Å². The third-order valence-electron chi connectivity index (χ3n) is 12.9. The minimum absolute atomic E-state index is 0.00107. The van der Waals surface area contributed by atoms with Crippen LogP contribution in [-0.2, 0) is 66.6 Å². The molecule has 0 aliphatic carbocycles. The summed E-state index contributed by atoms with van der Waals surface area (Å²) in [6.07, 6.45) is -0.341. The second kappa shape index (κ2) is 23.7. The monoisotopic (exact) mass is 1000 g/mol. The van der Waals surface area contributed by atoms with Crippen LogP contribution in [-0.4, -0.2) is 119 Å². The van der Waals surface area contributed by atoms with Crippen molar-refractivity contribution in [1.82, 2.24) is 41.5 Å². The molecule has 2 aliphatic heterocycles. The Morgan fingerprint density at radius 2 is 1.38 bits per heavy atom. The lowest BCUT2D eigenvalue weighted by molar-refractivity contribution is -0.189. The summed E-state index contributed by atoms with van der Waals surface area (Å²) in [4.78, 5) is 124. The van der Waals surface area contributed by atoms with Gasteiger partial charge in [0, 0.05) is 58.8 Å². The number of fused-ring (bicyclic) bond motifs is 5. The number of hydrogen-bond acceptors (Lipinski definition) is 14. The van der Waals surface area contributed by atoms with Crippen molar-refractivity contribution >= 4 is 58.3 Å². The van der Waals surface area contributed by atoms with Crippen LogP contribution in [0.4, 0.5) is 0 Å². The number of benzene rings is 1. The fraction of sp³-hybridized carbons (Fsp3) is 0.569. The Morgan fingerprint density at radius 1 is 0.764 bits per heavy atom. The standard InChI is InChI=1S/C51H70N8O13/c1-9-51(35-20-37-42-33(19-32-15-12-13-16-36(32)58-42)26-59(37)43(66)34(35)27-71-47(51)70)72-41(65)25-54-38(62)17-11-10-14-18-52-39(63)23-57-46(69)50(8,28-48(4,5)44(67)55-22-31(3)61)29-49(6,7)45(68)56-24-40(64)53-21-30(2)60/h12-13,15-16,19-20,30-31,60-61H,9-11,14,17-18,21-29H2,1-8H3,(H,52,63)(H,53,64)(H,54,62)(H,55,67)(H,56,68)(H,57,69)/t30?,31?,50?,51-/m0/s1. The summed E-state index contributed by atoms with van der Waals surface area (Å²) in [5.74, 6) is -4.77. The number of aliphatic hydroxyl groups excluding tert-OH is 2. The molecule has 5 rings (SSSR count). The van der Waals surface area contributed by atoms with Crippen molar-refractivity contribution in [1.29, 1.82) is 0 Å². The molecule has 72 heavy (non-hydrogen) atoms. The molecule has 1 aromatic carbocycles. The molecule has 21 heteroatoms. The van der Waals surface area contributed by atoms with E-state index in [9.17, 15) is 53.4 Å². The number of amides is 6. The number of pyridine rings is 2. The van der Waals surface area contributed by atoms with Gasteiger partial charge >= 0.3 is 11.9 Å². The van der Waals surface area contributed by atoms with Crippen molar-refractivity contribution < 1.29 is 58.0 Å². The van der Waals surface area contributed by atoms with Gasteiger partial charge in [-0.15, -0.1) is 0 Å². The average molecular weight is 1000 g/mol. The van der Waals surface area contributed by atoms with E-state index in [1.54, 1.807) is 52.2 Å². The number of ether oxygens (including phenoxy) is 2. The SMILES string of the molecule is CC[C@@]1(OC(=O)CNC(=O)CCCCCNC(=O)CNC(=O)C(C)(CC(C)(C)C(=O)NCC(=O)NCC(C)O)CC(C)(C)C(=O)NCC(C)O)C(=O)OCc2c1cc1n(c2=O)Cc2cc3ccccc3nc2-1. The van der Waals surface area contributed by atoms with Gasteiger partial charge in [-0.1, -0.05) is 66.2 Å². The van der Waals surface area contributed by atoms with Crippen LogP contribution >= 0.6 is 0 Å². The second-order valence-corrected chi connectivity index (χ2v) is 20.4. The van der Waals surface area contributed by atoms with Crippen LogP contribution in [0.2, 0.25) is 0 Å². The van der Waals surface area contributed by atoms with Crippen LogP contribution in [0, 0.1) is 16.2 Å². The number of esters is 2. The predicted molar refractivity (Wildman–Crippen MR) is 263 cm³/mol. The summed E-state index contributed by atoms with van der Waals surface area (Å²) in [5.41, 5.74) is -3.04. The summed E-state index contributed by atoms with van der Waals surface area (Å²) in [5, 5.41) is 35.7. The molecule has 4 atom stereocenters. The number of cyclic esters (lactones) is 1. The number of nitrogens with one attached hydrogen (secondary N) is 6. The van der Waals surface area contributed by atoms with Crippen LogP contribution < -0.4 is 37.5 Å². The quantitative estimate of drug-likeness (QED) is 0.0345. The maximum Gasteiger partial charge on any atom is 0.355 e. The average Bonchev–Trinajstić information content (AvgIpc) is 3.68. The molecular formula is C51H70N8O13. The molecule has 392 valence electrons. The minimum Gasteiger partial charge on any atom is -0.457 e. The molecule has 0 bridgehead atoms. The molecule has 2 aliphatic rings. The van der Waals surface area contributed by atoms with E-state index in [0.29, 0.717) is 30.7 Å². The van der Waals surface area contributed by atoms with Crippen LogP contribution in [0.1, 0.15) is 117 Å². The first-order valence-electron chi connectivity index (χ1n) is 24.4. The predicted octanol–water partition coefficient (Wildman–Crippen LogP) is 1.49. The summed E-state index contributed by atoms with van der Waals surface area (Å²) in [7, 11) is 0. The van der Waals surface area contributed by atoms with Gasteiger partial charge in [0.25, 0.3) is 5.56 Å². The molecule has 0 radical (unpaired) electrons. The maximum absolute atomic E-state index is 14.0. The lowest BCUT2D eigenvalue weighted by Crippen LogP contribution is -2.52. The number of nitrogens with zero attached hydrogens (tertiary/aromatic N) is 2. The third-order valence-corrected chi connectivity index (χ3v) is 12.9. The highest BCUT2D eigenvalue weighted by Gasteiger charge is 2.51. The Labute approximate surface area is 418 Å². The van der Waals surface area contributed by atoms with Gasteiger partial charge in [-0.25, -0.2) is 9.78 Å². The number of rotatable bonds is 25. The minimum atomic E-state index is -1.93. The molecule has 0 saturated heterocycles. The third kappa shape index (κ3) is 13.8. The van der Waals surface area contributed by atoms with Crippen LogP contribution in [0.25, 0.3) is 22.3 Å². The Balaban J connectivity index is 1.09. The molecule has 0 spiro atoms. The van der Waals surface area contributed by atoms with Gasteiger partial charge in [-0.05, 0) is 64.2 Å². The zero-order valence-electron chi connectivity index (χ0n) is 42.5. The van der Waals surface area contributed by atoms with Gasteiger partial charge < -0.3 is 56.2 Å². The van der Waals surface area contributed by atoms with E-state index in [4.69, 9.17) is 14.5 Å². The van der Waals surface area contributed by atoms with E-state index in [1.165, 1.54) is 13.8 Å². The fourth-order valence-electron chi connectivity index (χ4n) is 9.36. The van der Waals surface area contributed by atoms with Crippen molar-refractivity contribution in [3.8, 4) is 11.4 Å². The van der Waals surface area contributed by atoms with Crippen LogP contribution in [0.15, 0.2) is 41.2 Å². The molecular weight excluding hydrogens is 933 g/mol. The van der Waals surface area contributed by atoms with Crippen molar-refractivity contribution in [2.45, 2.75) is 131 Å². The van der Waals surface area contributed by atoms with Crippen molar-refractivity contribution in [3.63, 3.8) is 0 Å². The Bertz CT molecular complexity index is 2630. The van der Waals surface area contributed by atoms with Crippen molar-refractivity contribution in [3.05, 3.63) is 63.4 Å². The number of unbranched alkanes of at least 4 members (excludes halogenated alkanes) is 2. The topological polar surface area (TPSA) is 303 Å². The van der Waals surface area contributed by atoms with Crippen molar-refractivity contribution in [2.75, 3.05) is 39.3 Å². The first-order valence-corrected chi connectivity index (χ1v) is 24.4. The highest BCUT2D eigenvalue weighted by Crippen LogP contribution is 2.44. The first kappa shape index (κ1) is 56.2. The van der Waals surface area contributed by atoms with Gasteiger partial charge in [0.15, 0.2) is 0 Å². The highest BCUT2D eigenvalue weighted by atomic mass is 16.6. The smallest absolute Gasteiger partial charge is 0.355 e. The van der Waals surface area contributed by atoms with Crippen LogP contribution in [0.3, 0.4) is 0 Å². The highest BCUT2D eigenvalue weighted by molar-refractivity contribution is 5.92. The molecule has 4 heterocycles. The number of aromatic nitrogens is 2. The molecule has 8 N–H and O–H groups in total. The number of hydrogen-bond donors (Lipinski definition) is 8. The molecule has 3 aromatic rings. The van der Waals surface area contributed by atoms with Crippen LogP contribution in [0.5, 0.6) is 0 Å². The molecule has 3 unspecified atom stereocenters. The summed E-state index contributed by atoms with van der Waals surface area (Å²) >= 11 is 0. The Morgan fingerprint density at radius 3 is 2.03 bits per heavy atom. The maximum atomic E-state index is 14.0. The number of carbonyl (C=O) groups is 8. The zero-order chi connectivity index (χ0) is 53.2. The summed E-state index contributed by atoms with van der Waals surface area (Å²) < 4.78 is 12.8. The van der Waals surface area contributed by atoms with E-state index in [2.05, 4.69) is 31.9 Å². The Hall–Kier alpha value is -6.74. The number of carbonyl (C=O) groups excluding carboxylic acids is 8. The first-order chi connectivity index (χ1) is 33.8. The van der Waals surface area contributed by atoms with E-state index in [1.807, 2.05) is 30.3 Å². The lowest BCUT2D eigenvalue weighted by atomic mass is 9.65. The van der Waals surface area contributed by atoms with E-state index in [0.717, 1.165) is 16.5 Å². The molecule has 0 fully saturated rings. The summed E-state index contributed by atoms with van der Waals surface area (Å²) in [6.45, 7) is 11.6. The lowest BCUT2D eigenvalue weighted by Gasteiger charge is -2.40. The fourth-order valence-corrected chi connectivity index (χ4v) is 9.36. The van der Waals surface area contributed by atoms with Gasteiger partial charge in [-0.2, -0.15) is 0 Å². The van der Waals surface area contributed by atoms with E-state index >= 15 is 0 Å². The molecule has 0 saturated carbocycles. The second-order valence-electron chi connectivity index (χ2n) is 20.4. The van der Waals surface area contributed by atoms with Gasteiger partial charge in [0.1, 0.15) is 13.2 Å². The van der Waals surface area contributed by atoms with Crippen molar-refractivity contribution in [2.24, 2.45) is 16.2 Å². The molecule has 2 aromatic heterocycles. The largest absolute Gasteiger partial charge is 0.457 e. The van der Waals surface area contributed by atoms with Gasteiger partial charge in [0.2, 0.25) is 41.0 Å². The van der Waals surface area contributed by atoms with Gasteiger partial charge in [0.05, 0.1) is 54.3 Å². The number of aliphatic hydroxyl groups is 2. The normalized spacial score (nSPS) is 16.6.